The normalized spacial score (nSPS) is 12.0. The zero-order valence-corrected chi connectivity index (χ0v) is 9.56. The molecular weight excluding hydrogens is 237 g/mol. The second-order valence-corrected chi connectivity index (χ2v) is 3.84. The number of rotatable bonds is 3. The molecule has 15 heavy (non-hydrogen) atoms. The molecule has 0 saturated carbocycles. The minimum Gasteiger partial charge on any atom is -0.373 e. The van der Waals surface area contributed by atoms with Gasteiger partial charge in [0.2, 0.25) is 0 Å². The molecule has 0 unspecified atom stereocenters. The van der Waals surface area contributed by atoms with Gasteiger partial charge < -0.3 is 5.32 Å². The summed E-state index contributed by atoms with van der Waals surface area (Å²) in [6, 6.07) is 4.51. The lowest BCUT2D eigenvalue weighted by Gasteiger charge is -2.14. The largest absolute Gasteiger partial charge is 0.373 e. The van der Waals surface area contributed by atoms with Gasteiger partial charge in [0, 0.05) is 5.02 Å². The maximum absolute atomic E-state index is 11.1. The van der Waals surface area contributed by atoms with Gasteiger partial charge in [-0.05, 0) is 25.1 Å². The van der Waals surface area contributed by atoms with E-state index in [1.165, 1.54) is 0 Å². The summed E-state index contributed by atoms with van der Waals surface area (Å²) in [7, 11) is 0. The highest BCUT2D eigenvalue weighted by Gasteiger charge is 2.12. The first-order valence-corrected chi connectivity index (χ1v) is 5.02. The minimum absolute atomic E-state index is 0.319. The molecule has 1 amide bonds. The molecule has 6 heteroatoms. The lowest BCUT2D eigenvalue weighted by molar-refractivity contribution is -0.121. The third-order valence-electron chi connectivity index (χ3n) is 1.84. The molecule has 0 aliphatic heterocycles. The first kappa shape index (κ1) is 12.1. The quantitative estimate of drug-likeness (QED) is 0.434. The maximum Gasteiger partial charge on any atom is 0.256 e. The van der Waals surface area contributed by atoms with Gasteiger partial charge in [0.1, 0.15) is 6.04 Å². The van der Waals surface area contributed by atoms with Gasteiger partial charge in [-0.1, -0.05) is 23.2 Å². The number of carbonyl (C=O) groups is 1. The van der Waals surface area contributed by atoms with Crippen molar-refractivity contribution in [1.82, 2.24) is 5.43 Å². The molecule has 0 aliphatic rings. The van der Waals surface area contributed by atoms with E-state index in [1.807, 2.05) is 5.43 Å². The van der Waals surface area contributed by atoms with Crippen LogP contribution >= 0.6 is 23.2 Å². The van der Waals surface area contributed by atoms with E-state index in [0.717, 1.165) is 0 Å². The molecule has 0 bridgehead atoms. The summed E-state index contributed by atoms with van der Waals surface area (Å²) < 4.78 is 0. The Balaban J connectivity index is 2.76. The van der Waals surface area contributed by atoms with E-state index >= 15 is 0 Å². The zero-order valence-electron chi connectivity index (χ0n) is 8.05. The first-order chi connectivity index (χ1) is 7.04. The Hall–Kier alpha value is -0.970. The summed E-state index contributed by atoms with van der Waals surface area (Å²) in [4.78, 5) is 11.1. The van der Waals surface area contributed by atoms with Gasteiger partial charge in [-0.3, -0.25) is 10.2 Å². The van der Waals surface area contributed by atoms with Crippen LogP contribution in [-0.4, -0.2) is 11.9 Å². The Kier molecular flexibility index (Phi) is 4.20. The number of anilines is 1. The molecule has 1 rings (SSSR count). The van der Waals surface area contributed by atoms with Crippen LogP contribution in [0.2, 0.25) is 10.0 Å². The average Bonchev–Trinajstić information content (AvgIpc) is 2.20. The summed E-state index contributed by atoms with van der Waals surface area (Å²) >= 11 is 11.6. The number of nitrogens with one attached hydrogen (secondary N) is 2. The first-order valence-electron chi connectivity index (χ1n) is 4.26. The van der Waals surface area contributed by atoms with Crippen LogP contribution in [0.15, 0.2) is 18.2 Å². The average molecular weight is 248 g/mol. The number of carbonyl (C=O) groups excluding carboxylic acids is 1. The van der Waals surface area contributed by atoms with Crippen molar-refractivity contribution >= 4 is 34.8 Å². The molecule has 4 N–H and O–H groups in total. The van der Waals surface area contributed by atoms with Crippen LogP contribution in [0.3, 0.4) is 0 Å². The van der Waals surface area contributed by atoms with Gasteiger partial charge in [0.25, 0.3) is 5.91 Å². The van der Waals surface area contributed by atoms with E-state index in [1.54, 1.807) is 25.1 Å². The fraction of sp³-hybridized carbons (Fsp3) is 0.222. The molecule has 1 aromatic rings. The standard InChI is InChI=1S/C9H11Cl2N3O/c1-5(9(15)14-12)13-8-3-2-6(10)4-7(8)11/h2-5,13H,12H2,1H3,(H,14,15)/t5-/m1/s1. The van der Waals surface area contributed by atoms with Gasteiger partial charge in [-0.2, -0.15) is 0 Å². The predicted molar refractivity (Wildman–Crippen MR) is 61.9 cm³/mol. The zero-order chi connectivity index (χ0) is 11.4. The van der Waals surface area contributed by atoms with E-state index in [9.17, 15) is 4.79 Å². The fourth-order valence-electron chi connectivity index (χ4n) is 1.03. The van der Waals surface area contributed by atoms with E-state index in [2.05, 4.69) is 5.32 Å². The smallest absolute Gasteiger partial charge is 0.256 e. The Labute approximate surface area is 97.7 Å². The van der Waals surface area contributed by atoms with Crippen molar-refractivity contribution in [1.29, 1.82) is 0 Å². The third-order valence-corrected chi connectivity index (χ3v) is 2.39. The number of hydrazine groups is 1. The number of benzene rings is 1. The van der Waals surface area contributed by atoms with Crippen molar-refractivity contribution < 1.29 is 4.79 Å². The predicted octanol–water partition coefficient (Wildman–Crippen LogP) is 1.78. The molecule has 0 aromatic heterocycles. The molecule has 0 spiro atoms. The van der Waals surface area contributed by atoms with Gasteiger partial charge in [-0.25, -0.2) is 5.84 Å². The highest BCUT2D eigenvalue weighted by atomic mass is 35.5. The number of nitrogens with two attached hydrogens (primary N) is 1. The van der Waals surface area contributed by atoms with Crippen molar-refractivity contribution in [2.45, 2.75) is 13.0 Å². The van der Waals surface area contributed by atoms with Crippen molar-refractivity contribution in [3.63, 3.8) is 0 Å². The number of amides is 1. The monoisotopic (exact) mass is 247 g/mol. The van der Waals surface area contributed by atoms with E-state index in [0.29, 0.717) is 15.7 Å². The highest BCUT2D eigenvalue weighted by Crippen LogP contribution is 2.25. The van der Waals surface area contributed by atoms with Crippen molar-refractivity contribution in [2.24, 2.45) is 5.84 Å². The van der Waals surface area contributed by atoms with Crippen LogP contribution in [0.4, 0.5) is 5.69 Å². The highest BCUT2D eigenvalue weighted by molar-refractivity contribution is 6.36. The van der Waals surface area contributed by atoms with Crippen LogP contribution < -0.4 is 16.6 Å². The number of hydrogen-bond donors (Lipinski definition) is 3. The van der Waals surface area contributed by atoms with Crippen molar-refractivity contribution in [2.75, 3.05) is 5.32 Å². The molecule has 0 heterocycles. The molecule has 0 aliphatic carbocycles. The van der Waals surface area contributed by atoms with Gasteiger partial charge in [-0.15, -0.1) is 0 Å². The minimum atomic E-state index is -0.464. The van der Waals surface area contributed by atoms with Gasteiger partial charge >= 0.3 is 0 Å². The topological polar surface area (TPSA) is 67.2 Å². The second-order valence-electron chi connectivity index (χ2n) is 3.00. The number of hydrogen-bond acceptors (Lipinski definition) is 3. The second kappa shape index (κ2) is 5.21. The van der Waals surface area contributed by atoms with Crippen molar-refractivity contribution in [3.8, 4) is 0 Å². The summed E-state index contributed by atoms with van der Waals surface area (Å²) in [5, 5.41) is 3.91. The summed E-state index contributed by atoms with van der Waals surface area (Å²) in [5.41, 5.74) is 2.68. The molecule has 0 fully saturated rings. The molecule has 0 radical (unpaired) electrons. The van der Waals surface area contributed by atoms with Crippen LogP contribution in [0.1, 0.15) is 6.92 Å². The fourth-order valence-corrected chi connectivity index (χ4v) is 1.49. The van der Waals surface area contributed by atoms with Crippen LogP contribution in [0.5, 0.6) is 0 Å². The van der Waals surface area contributed by atoms with E-state index < -0.39 is 6.04 Å². The van der Waals surface area contributed by atoms with E-state index in [-0.39, 0.29) is 5.91 Å². The Bertz CT molecular complexity index is 370. The van der Waals surface area contributed by atoms with E-state index in [4.69, 9.17) is 29.0 Å². The van der Waals surface area contributed by atoms with Crippen molar-refractivity contribution in [3.05, 3.63) is 28.2 Å². The molecule has 1 atom stereocenters. The lowest BCUT2D eigenvalue weighted by atomic mass is 10.2. The van der Waals surface area contributed by atoms with Gasteiger partial charge in [0.15, 0.2) is 0 Å². The maximum atomic E-state index is 11.1. The Morgan fingerprint density at radius 3 is 2.67 bits per heavy atom. The lowest BCUT2D eigenvalue weighted by Crippen LogP contribution is -2.41. The van der Waals surface area contributed by atoms with Crippen LogP contribution in [0, 0.1) is 0 Å². The van der Waals surface area contributed by atoms with Crippen LogP contribution in [0.25, 0.3) is 0 Å². The molecule has 0 saturated heterocycles. The molecule has 82 valence electrons. The number of halogens is 2. The summed E-state index contributed by atoms with van der Waals surface area (Å²) in [6.45, 7) is 1.67. The van der Waals surface area contributed by atoms with Crippen LogP contribution in [-0.2, 0) is 4.79 Å². The Morgan fingerprint density at radius 1 is 1.47 bits per heavy atom. The Morgan fingerprint density at radius 2 is 2.13 bits per heavy atom. The summed E-state index contributed by atoms with van der Waals surface area (Å²) in [5.74, 6) is 4.68. The summed E-state index contributed by atoms with van der Waals surface area (Å²) in [6.07, 6.45) is 0. The molecule has 4 nitrogen and oxygen atoms in total. The molecule has 1 aromatic carbocycles. The molecular formula is C9H11Cl2N3O. The third kappa shape index (κ3) is 3.27. The van der Waals surface area contributed by atoms with Gasteiger partial charge in [0.05, 0.1) is 10.7 Å². The SMILES string of the molecule is C[C@@H](Nc1ccc(Cl)cc1Cl)C(=O)NN.